The van der Waals surface area contributed by atoms with Crippen LogP contribution in [0, 0.1) is 20.6 Å². The first-order valence-corrected chi connectivity index (χ1v) is 9.57. The number of hydrogen-bond donors (Lipinski definition) is 0. The lowest BCUT2D eigenvalue weighted by molar-refractivity contribution is -0.660. The standard InChI is InChI=1S/C26H30N/c1-18-9-5-8-12-23(18)24-17-25(20(3)15-19(24)2)26-16-22(13-14-27(26)4)21-10-6-7-11-21/h5,8-9,12-17,21H,6-7,10-11H2,1-4H3/q+1/i1D3,2D3,21D. The fraction of sp³-hybridized carbons (Fsp3) is 0.346. The minimum absolute atomic E-state index is 0.129. The number of rotatable bonds is 3. The zero-order valence-electron chi connectivity index (χ0n) is 23.0. The van der Waals surface area contributed by atoms with Crippen molar-refractivity contribution < 1.29 is 14.2 Å². The number of aromatic nitrogens is 1. The first-order chi connectivity index (χ1) is 15.8. The predicted molar refractivity (Wildman–Crippen MR) is 114 cm³/mol. The molecule has 1 fully saturated rings. The van der Waals surface area contributed by atoms with Crippen LogP contribution in [-0.2, 0) is 7.05 Å². The fourth-order valence-electron chi connectivity index (χ4n) is 4.07. The molecule has 1 saturated carbocycles. The molecule has 0 spiro atoms. The third-order valence-corrected chi connectivity index (χ3v) is 5.62. The molecule has 0 saturated heterocycles. The van der Waals surface area contributed by atoms with Gasteiger partial charge in [-0.2, -0.15) is 0 Å². The zero-order valence-corrected chi connectivity index (χ0v) is 16.0. The molecular weight excluding hydrogens is 326 g/mol. The minimum atomic E-state index is -2.40. The maximum absolute atomic E-state index is 8.95. The summed E-state index contributed by atoms with van der Waals surface area (Å²) in [7, 11) is 1.93. The lowest BCUT2D eigenvalue weighted by Gasteiger charge is -2.15. The topological polar surface area (TPSA) is 3.88 Å². The Morgan fingerprint density at radius 2 is 1.67 bits per heavy atom. The van der Waals surface area contributed by atoms with Crippen LogP contribution in [0.3, 0.4) is 0 Å². The summed E-state index contributed by atoms with van der Waals surface area (Å²) >= 11 is 0. The van der Waals surface area contributed by atoms with Gasteiger partial charge in [0, 0.05) is 27.3 Å². The molecule has 1 heteroatoms. The van der Waals surface area contributed by atoms with E-state index in [0.29, 0.717) is 11.1 Å². The fourth-order valence-corrected chi connectivity index (χ4v) is 4.07. The molecule has 1 aromatic heterocycles. The molecule has 4 rings (SSSR count). The van der Waals surface area contributed by atoms with Crippen molar-refractivity contribution in [2.24, 2.45) is 7.05 Å². The van der Waals surface area contributed by atoms with E-state index in [9.17, 15) is 0 Å². The van der Waals surface area contributed by atoms with Crippen LogP contribution in [0.5, 0.6) is 0 Å². The summed E-state index contributed by atoms with van der Waals surface area (Å²) in [5, 5.41) is 0. The predicted octanol–water partition coefficient (Wildman–Crippen LogP) is 6.43. The van der Waals surface area contributed by atoms with Gasteiger partial charge >= 0.3 is 0 Å². The number of hydrogen-bond acceptors (Lipinski definition) is 0. The largest absolute Gasteiger partial charge is 0.212 e. The van der Waals surface area contributed by atoms with E-state index in [1.807, 2.05) is 42.9 Å². The van der Waals surface area contributed by atoms with Crippen LogP contribution in [0.2, 0.25) is 0 Å². The highest BCUT2D eigenvalue weighted by atomic mass is 14.9. The second-order valence-electron chi connectivity index (χ2n) is 7.48. The number of pyridine rings is 1. The monoisotopic (exact) mass is 363 g/mol. The van der Waals surface area contributed by atoms with Gasteiger partial charge in [0.2, 0.25) is 5.69 Å². The second kappa shape index (κ2) is 7.31. The van der Waals surface area contributed by atoms with Crippen LogP contribution in [0.25, 0.3) is 22.4 Å². The molecule has 0 amide bonds. The van der Waals surface area contributed by atoms with Crippen molar-refractivity contribution in [2.45, 2.75) is 52.2 Å². The van der Waals surface area contributed by atoms with Crippen molar-refractivity contribution in [2.75, 3.05) is 0 Å². The Bertz CT molecular complexity index is 1220. The Balaban J connectivity index is 1.98. The van der Waals surface area contributed by atoms with Gasteiger partial charge in [-0.25, -0.2) is 4.57 Å². The van der Waals surface area contributed by atoms with Crippen molar-refractivity contribution >= 4 is 0 Å². The van der Waals surface area contributed by atoms with Crippen LogP contribution in [0.15, 0.2) is 54.7 Å². The molecule has 138 valence electrons. The number of benzene rings is 2. The molecule has 1 heterocycles. The lowest BCUT2D eigenvalue weighted by atomic mass is 9.90. The van der Waals surface area contributed by atoms with Crippen molar-refractivity contribution in [1.82, 2.24) is 0 Å². The summed E-state index contributed by atoms with van der Waals surface area (Å²) in [4.78, 5) is 0. The van der Waals surface area contributed by atoms with Crippen LogP contribution in [0.4, 0.5) is 0 Å². The molecule has 1 nitrogen and oxygen atoms in total. The van der Waals surface area contributed by atoms with E-state index in [1.165, 1.54) is 6.07 Å². The maximum atomic E-state index is 8.95. The maximum Gasteiger partial charge on any atom is 0.212 e. The Morgan fingerprint density at radius 1 is 0.889 bits per heavy atom. The van der Waals surface area contributed by atoms with Crippen LogP contribution < -0.4 is 4.57 Å². The van der Waals surface area contributed by atoms with Crippen LogP contribution >= 0.6 is 0 Å². The molecule has 0 aliphatic heterocycles. The highest BCUT2D eigenvalue weighted by Gasteiger charge is 2.22. The van der Waals surface area contributed by atoms with E-state index in [0.717, 1.165) is 48.1 Å². The van der Waals surface area contributed by atoms with E-state index in [2.05, 4.69) is 0 Å². The molecular formula is C26H30N+. The summed E-state index contributed by atoms with van der Waals surface area (Å²) in [5.41, 5.74) is 4.52. The molecule has 1 aliphatic rings. The highest BCUT2D eigenvalue weighted by Crippen LogP contribution is 2.36. The summed E-state index contributed by atoms with van der Waals surface area (Å²) in [6.45, 7) is -2.90. The average molecular weight is 364 g/mol. The second-order valence-corrected chi connectivity index (χ2v) is 7.48. The van der Waals surface area contributed by atoms with Crippen molar-refractivity contribution in [1.29, 1.82) is 0 Å². The summed E-state index contributed by atoms with van der Waals surface area (Å²) in [6.07, 6.45) is 5.69. The highest BCUT2D eigenvalue weighted by molar-refractivity contribution is 5.77. The van der Waals surface area contributed by atoms with Crippen LogP contribution in [-0.4, -0.2) is 0 Å². The molecule has 0 N–H and O–H groups in total. The molecule has 0 unspecified atom stereocenters. The first kappa shape index (κ1) is 11.4. The Labute approximate surface area is 173 Å². The number of nitrogens with zero attached hydrogens (tertiary/aromatic N) is 1. The minimum Gasteiger partial charge on any atom is -0.201 e. The van der Waals surface area contributed by atoms with Crippen molar-refractivity contribution in [3.05, 3.63) is 77.0 Å². The molecule has 0 atom stereocenters. The first-order valence-electron chi connectivity index (χ1n) is 13.1. The lowest BCUT2D eigenvalue weighted by Crippen LogP contribution is -2.31. The third-order valence-electron chi connectivity index (χ3n) is 5.62. The van der Waals surface area contributed by atoms with Gasteiger partial charge in [-0.05, 0) is 78.8 Å². The average Bonchev–Trinajstić information content (AvgIpc) is 3.20. The third kappa shape index (κ3) is 3.43. The van der Waals surface area contributed by atoms with Gasteiger partial charge < -0.3 is 0 Å². The summed E-state index contributed by atoms with van der Waals surface area (Å²) < 4.78 is 59.3. The van der Waals surface area contributed by atoms with E-state index in [-0.39, 0.29) is 11.1 Å². The Morgan fingerprint density at radius 3 is 2.44 bits per heavy atom. The zero-order chi connectivity index (χ0) is 24.9. The normalized spacial score (nSPS) is 20.6. The van der Waals surface area contributed by atoms with Crippen molar-refractivity contribution in [3.8, 4) is 22.4 Å². The summed E-state index contributed by atoms with van der Waals surface area (Å²) in [6, 6.07) is 14.1. The number of aryl methyl sites for hydroxylation is 4. The Hall–Kier alpha value is -2.41. The quantitative estimate of drug-likeness (QED) is 0.472. The van der Waals surface area contributed by atoms with Crippen molar-refractivity contribution in [3.63, 3.8) is 0 Å². The van der Waals surface area contributed by atoms with Gasteiger partial charge in [-0.1, -0.05) is 43.2 Å². The smallest absolute Gasteiger partial charge is 0.201 e. The molecule has 0 bridgehead atoms. The van der Waals surface area contributed by atoms with E-state index in [1.54, 1.807) is 24.3 Å². The molecule has 27 heavy (non-hydrogen) atoms. The molecule has 0 radical (unpaired) electrons. The van der Waals surface area contributed by atoms with E-state index >= 15 is 0 Å². The molecule has 1 aliphatic carbocycles. The van der Waals surface area contributed by atoms with Gasteiger partial charge in [0.1, 0.15) is 7.05 Å². The van der Waals surface area contributed by atoms with Gasteiger partial charge in [-0.15, -0.1) is 0 Å². The summed E-state index contributed by atoms with van der Waals surface area (Å²) in [5.74, 6) is -0.605. The van der Waals surface area contributed by atoms with Gasteiger partial charge in [0.15, 0.2) is 6.20 Å². The van der Waals surface area contributed by atoms with Crippen LogP contribution in [0.1, 0.15) is 63.4 Å². The van der Waals surface area contributed by atoms with Gasteiger partial charge in [-0.3, -0.25) is 0 Å². The van der Waals surface area contributed by atoms with E-state index in [4.69, 9.17) is 9.60 Å². The molecule has 3 aromatic rings. The SMILES string of the molecule is [2H]C([2H])([2H])c1ccccc1-c1cc(-c2cc(C3([2H])CCCC3)cc[n+]2C)c(C)cc1C([2H])([2H])[2H]. The molecule has 2 aromatic carbocycles. The Kier molecular flexibility index (Phi) is 3.10. The van der Waals surface area contributed by atoms with E-state index < -0.39 is 19.6 Å². The van der Waals surface area contributed by atoms with Gasteiger partial charge in [0.05, 0.1) is 0 Å². The van der Waals surface area contributed by atoms with Gasteiger partial charge in [0.25, 0.3) is 0 Å².